The molecule has 4 nitrogen and oxygen atoms in total. The Balaban J connectivity index is 2.42. The lowest BCUT2D eigenvalue weighted by molar-refractivity contribution is 0.220. The molecule has 0 aromatic heterocycles. The smallest absolute Gasteiger partial charge is 0.153 e. The Hall–Kier alpha value is -0.130. The van der Waals surface area contributed by atoms with E-state index in [0.717, 1.165) is 13.0 Å². The number of hydrogen-bond acceptors (Lipinski definition) is 4. The quantitative estimate of drug-likeness (QED) is 0.718. The van der Waals surface area contributed by atoms with Crippen LogP contribution in [0.4, 0.5) is 0 Å². The van der Waals surface area contributed by atoms with Crippen LogP contribution in [0.5, 0.6) is 0 Å². The molecule has 0 radical (unpaired) electrons. The molecule has 1 aliphatic rings. The lowest BCUT2D eigenvalue weighted by atomic mass is 10.2. The van der Waals surface area contributed by atoms with Gasteiger partial charge in [0.05, 0.1) is 11.5 Å². The molecule has 5 heteroatoms. The van der Waals surface area contributed by atoms with Gasteiger partial charge in [0.1, 0.15) is 0 Å². The summed E-state index contributed by atoms with van der Waals surface area (Å²) in [6, 6.07) is 0.341. The maximum atomic E-state index is 11.3. The summed E-state index contributed by atoms with van der Waals surface area (Å²) >= 11 is 0. The van der Waals surface area contributed by atoms with Crippen LogP contribution >= 0.6 is 0 Å². The zero-order valence-corrected chi connectivity index (χ0v) is 9.76. The number of rotatable bonds is 3. The van der Waals surface area contributed by atoms with Gasteiger partial charge in [-0.1, -0.05) is 0 Å². The van der Waals surface area contributed by atoms with Crippen LogP contribution in [0.2, 0.25) is 0 Å². The summed E-state index contributed by atoms with van der Waals surface area (Å²) in [4.78, 5) is 2.21. The molecule has 0 aromatic carbocycles. The summed E-state index contributed by atoms with van der Waals surface area (Å²) < 4.78 is 22.6. The maximum absolute atomic E-state index is 11.3. The Morgan fingerprint density at radius 3 is 2.71 bits per heavy atom. The van der Waals surface area contributed by atoms with Crippen LogP contribution in [0, 0.1) is 0 Å². The van der Waals surface area contributed by atoms with E-state index in [1.54, 1.807) is 0 Å². The number of nitrogens with zero attached hydrogens (tertiary/aromatic N) is 1. The molecule has 1 aliphatic heterocycles. The molecule has 1 heterocycles. The van der Waals surface area contributed by atoms with Gasteiger partial charge in [0.25, 0.3) is 0 Å². The highest BCUT2D eigenvalue weighted by atomic mass is 32.2. The topological polar surface area (TPSA) is 63.4 Å². The monoisotopic (exact) mass is 220 g/mol. The third-order valence-corrected chi connectivity index (χ3v) is 4.47. The number of nitrogens with two attached hydrogens (primary N) is 1. The van der Waals surface area contributed by atoms with Crippen LogP contribution < -0.4 is 5.73 Å². The summed E-state index contributed by atoms with van der Waals surface area (Å²) in [6.07, 6.45) is 0.935. The van der Waals surface area contributed by atoms with Gasteiger partial charge in [-0.25, -0.2) is 8.42 Å². The van der Waals surface area contributed by atoms with E-state index in [2.05, 4.69) is 4.90 Å². The van der Waals surface area contributed by atoms with Crippen molar-refractivity contribution in [1.29, 1.82) is 0 Å². The molecule has 0 aromatic rings. The first-order valence-electron chi connectivity index (χ1n) is 5.11. The molecule has 0 bridgehead atoms. The van der Waals surface area contributed by atoms with E-state index >= 15 is 0 Å². The number of hydrogen-bond donors (Lipinski definition) is 1. The molecule has 1 rings (SSSR count). The fourth-order valence-electron chi connectivity index (χ4n) is 1.73. The summed E-state index contributed by atoms with van der Waals surface area (Å²) in [6.45, 7) is 5.52. The Kier molecular flexibility index (Phi) is 3.92. The average Bonchev–Trinajstić information content (AvgIpc) is 2.00. The molecule has 84 valence electrons. The van der Waals surface area contributed by atoms with Crippen molar-refractivity contribution in [3.63, 3.8) is 0 Å². The first kappa shape index (κ1) is 11.9. The molecular formula is C9H20N2O2S. The summed E-state index contributed by atoms with van der Waals surface area (Å²) in [5, 5.41) is 0. The Bertz CT molecular complexity index is 275. The van der Waals surface area contributed by atoms with E-state index < -0.39 is 9.84 Å². The summed E-state index contributed by atoms with van der Waals surface area (Å²) in [5.74, 6) is 0.599. The van der Waals surface area contributed by atoms with Gasteiger partial charge in [-0.15, -0.1) is 0 Å². The third kappa shape index (κ3) is 3.55. The van der Waals surface area contributed by atoms with E-state index in [4.69, 9.17) is 5.73 Å². The molecule has 2 unspecified atom stereocenters. The first-order valence-corrected chi connectivity index (χ1v) is 6.93. The van der Waals surface area contributed by atoms with Gasteiger partial charge in [-0.05, 0) is 26.8 Å². The van der Waals surface area contributed by atoms with Crippen LogP contribution in [-0.4, -0.2) is 50.0 Å². The minimum Gasteiger partial charge on any atom is -0.328 e. The van der Waals surface area contributed by atoms with Gasteiger partial charge in [0.2, 0.25) is 0 Å². The van der Waals surface area contributed by atoms with E-state index in [-0.39, 0.29) is 12.1 Å². The van der Waals surface area contributed by atoms with Crippen LogP contribution in [-0.2, 0) is 9.84 Å². The second kappa shape index (κ2) is 4.59. The fraction of sp³-hybridized carbons (Fsp3) is 1.00. The van der Waals surface area contributed by atoms with Gasteiger partial charge in [0, 0.05) is 18.6 Å². The van der Waals surface area contributed by atoms with E-state index in [0.29, 0.717) is 18.1 Å². The molecule has 1 fully saturated rings. The van der Waals surface area contributed by atoms with Gasteiger partial charge in [0.15, 0.2) is 9.84 Å². The fourth-order valence-corrected chi connectivity index (χ4v) is 3.36. The maximum Gasteiger partial charge on any atom is 0.153 e. The highest BCUT2D eigenvalue weighted by Gasteiger charge is 2.27. The van der Waals surface area contributed by atoms with Crippen molar-refractivity contribution in [2.75, 3.05) is 24.6 Å². The average molecular weight is 220 g/mol. The van der Waals surface area contributed by atoms with E-state index in [1.165, 1.54) is 0 Å². The van der Waals surface area contributed by atoms with Gasteiger partial charge in [-0.2, -0.15) is 0 Å². The summed E-state index contributed by atoms with van der Waals surface area (Å²) in [5.41, 5.74) is 5.66. The SMILES string of the molecule is CC(N)CCN1CCS(=O)(=O)CC1C. The molecule has 1 saturated heterocycles. The van der Waals surface area contributed by atoms with Crippen molar-refractivity contribution in [3.05, 3.63) is 0 Å². The van der Waals surface area contributed by atoms with Crippen LogP contribution in [0.15, 0.2) is 0 Å². The van der Waals surface area contributed by atoms with Gasteiger partial charge in [-0.3, -0.25) is 4.90 Å². The molecule has 2 N–H and O–H groups in total. The van der Waals surface area contributed by atoms with Crippen molar-refractivity contribution in [2.24, 2.45) is 5.73 Å². The van der Waals surface area contributed by atoms with Gasteiger partial charge < -0.3 is 5.73 Å². The highest BCUT2D eigenvalue weighted by Crippen LogP contribution is 2.11. The molecule has 2 atom stereocenters. The largest absolute Gasteiger partial charge is 0.328 e. The van der Waals surface area contributed by atoms with E-state index in [9.17, 15) is 8.42 Å². The molecule has 0 saturated carbocycles. The second-order valence-electron chi connectivity index (χ2n) is 4.27. The van der Waals surface area contributed by atoms with Crippen LogP contribution in [0.3, 0.4) is 0 Å². The lowest BCUT2D eigenvalue weighted by Gasteiger charge is -2.33. The third-order valence-electron chi connectivity index (χ3n) is 2.68. The Labute approximate surface area is 86.4 Å². The molecular weight excluding hydrogens is 200 g/mol. The number of sulfone groups is 1. The molecule has 14 heavy (non-hydrogen) atoms. The minimum atomic E-state index is -2.78. The van der Waals surface area contributed by atoms with Crippen molar-refractivity contribution in [2.45, 2.75) is 32.4 Å². The second-order valence-corrected chi connectivity index (χ2v) is 6.49. The summed E-state index contributed by atoms with van der Waals surface area (Å²) in [7, 11) is -2.78. The van der Waals surface area contributed by atoms with Crippen LogP contribution in [0.25, 0.3) is 0 Å². The predicted molar refractivity (Wildman–Crippen MR) is 58.0 cm³/mol. The zero-order chi connectivity index (χ0) is 10.8. The van der Waals surface area contributed by atoms with E-state index in [1.807, 2.05) is 13.8 Å². The van der Waals surface area contributed by atoms with Crippen LogP contribution in [0.1, 0.15) is 20.3 Å². The van der Waals surface area contributed by atoms with Crippen molar-refractivity contribution in [3.8, 4) is 0 Å². The first-order chi connectivity index (χ1) is 6.41. The van der Waals surface area contributed by atoms with Crippen molar-refractivity contribution >= 4 is 9.84 Å². The lowest BCUT2D eigenvalue weighted by Crippen LogP contribution is -2.47. The standard InChI is InChI=1S/C9H20N2O2S/c1-8(10)3-4-11-5-6-14(12,13)7-9(11)2/h8-9H,3-7,10H2,1-2H3. The van der Waals surface area contributed by atoms with Crippen molar-refractivity contribution < 1.29 is 8.42 Å². The Morgan fingerprint density at radius 1 is 1.57 bits per heavy atom. The molecule has 0 amide bonds. The zero-order valence-electron chi connectivity index (χ0n) is 8.94. The Morgan fingerprint density at radius 2 is 2.21 bits per heavy atom. The molecule has 0 spiro atoms. The van der Waals surface area contributed by atoms with Gasteiger partial charge >= 0.3 is 0 Å². The normalized spacial score (nSPS) is 30.1. The highest BCUT2D eigenvalue weighted by molar-refractivity contribution is 7.91. The minimum absolute atomic E-state index is 0.146. The van der Waals surface area contributed by atoms with Crippen molar-refractivity contribution in [1.82, 2.24) is 4.90 Å². The predicted octanol–water partition coefficient (Wildman–Crippen LogP) is -0.157. The molecule has 0 aliphatic carbocycles.